The van der Waals surface area contributed by atoms with Crippen LogP contribution < -0.4 is 14.8 Å². The van der Waals surface area contributed by atoms with E-state index in [4.69, 9.17) is 9.47 Å². The predicted octanol–water partition coefficient (Wildman–Crippen LogP) is 3.55. The van der Waals surface area contributed by atoms with Crippen molar-refractivity contribution in [1.82, 2.24) is 0 Å². The molecule has 0 atom stereocenters. The molecule has 1 aromatic rings. The van der Waals surface area contributed by atoms with Crippen LogP contribution in [0.5, 0.6) is 11.5 Å². The van der Waals surface area contributed by atoms with E-state index in [0.29, 0.717) is 30.4 Å². The summed E-state index contributed by atoms with van der Waals surface area (Å²) in [4.78, 5) is 11.8. The van der Waals surface area contributed by atoms with Crippen LogP contribution in [0.1, 0.15) is 20.8 Å². The molecule has 1 N–H and O–H groups in total. The van der Waals surface area contributed by atoms with Crippen LogP contribution in [-0.2, 0) is 4.79 Å². The molecule has 20 heavy (non-hydrogen) atoms. The number of amides is 1. The molecule has 0 saturated heterocycles. The Kier molecular flexibility index (Phi) is 6.96. The van der Waals surface area contributed by atoms with Gasteiger partial charge in [-0.2, -0.15) is 0 Å². The van der Waals surface area contributed by atoms with Gasteiger partial charge < -0.3 is 14.8 Å². The first-order valence-corrected chi connectivity index (χ1v) is 6.71. The van der Waals surface area contributed by atoms with Crippen molar-refractivity contribution in [2.24, 2.45) is 0 Å². The summed E-state index contributed by atoms with van der Waals surface area (Å²) < 4.78 is 10.9. The number of carbonyl (C=O) groups excluding carboxylic acids is 1. The molecule has 0 radical (unpaired) electrons. The van der Waals surface area contributed by atoms with Gasteiger partial charge in [0.05, 0.1) is 18.9 Å². The molecule has 0 bridgehead atoms. The summed E-state index contributed by atoms with van der Waals surface area (Å²) in [6.07, 6.45) is 6.79. The maximum Gasteiger partial charge on any atom is 0.248 e. The van der Waals surface area contributed by atoms with Crippen LogP contribution in [0.3, 0.4) is 0 Å². The monoisotopic (exact) mass is 275 g/mol. The SMILES string of the molecule is C/C=C/C=C/C(=O)Nc1cc(OCC)ccc1OCC. The molecule has 0 heterocycles. The van der Waals surface area contributed by atoms with E-state index < -0.39 is 0 Å². The highest BCUT2D eigenvalue weighted by Gasteiger charge is 2.07. The van der Waals surface area contributed by atoms with E-state index in [1.807, 2.05) is 32.9 Å². The number of carbonyl (C=O) groups is 1. The smallest absolute Gasteiger partial charge is 0.248 e. The van der Waals surface area contributed by atoms with E-state index >= 15 is 0 Å². The summed E-state index contributed by atoms with van der Waals surface area (Å²) in [5.41, 5.74) is 0.605. The zero-order valence-electron chi connectivity index (χ0n) is 12.2. The zero-order chi connectivity index (χ0) is 14.8. The van der Waals surface area contributed by atoms with Crippen LogP contribution in [0.4, 0.5) is 5.69 Å². The largest absolute Gasteiger partial charge is 0.494 e. The van der Waals surface area contributed by atoms with E-state index in [0.717, 1.165) is 0 Å². The third-order valence-corrected chi connectivity index (χ3v) is 2.37. The lowest BCUT2D eigenvalue weighted by atomic mass is 10.2. The number of ether oxygens (including phenoxy) is 2. The topological polar surface area (TPSA) is 47.6 Å². The average molecular weight is 275 g/mol. The van der Waals surface area contributed by atoms with Crippen molar-refractivity contribution < 1.29 is 14.3 Å². The molecule has 0 aliphatic rings. The molecule has 0 aliphatic carbocycles. The van der Waals surface area contributed by atoms with Gasteiger partial charge in [0.25, 0.3) is 0 Å². The lowest BCUT2D eigenvalue weighted by molar-refractivity contribution is -0.111. The predicted molar refractivity (Wildman–Crippen MR) is 81.4 cm³/mol. The summed E-state index contributed by atoms with van der Waals surface area (Å²) in [7, 11) is 0. The Morgan fingerprint density at radius 2 is 1.95 bits per heavy atom. The molecule has 4 nitrogen and oxygen atoms in total. The van der Waals surface area contributed by atoms with Gasteiger partial charge in [-0.1, -0.05) is 18.2 Å². The highest BCUT2D eigenvalue weighted by Crippen LogP contribution is 2.29. The minimum absolute atomic E-state index is 0.210. The van der Waals surface area contributed by atoms with Gasteiger partial charge in [0.15, 0.2) is 0 Å². The fourth-order valence-electron chi connectivity index (χ4n) is 1.57. The Hall–Kier alpha value is -2.23. The molecule has 1 aromatic carbocycles. The van der Waals surface area contributed by atoms with E-state index in [1.54, 1.807) is 24.3 Å². The van der Waals surface area contributed by atoms with E-state index in [-0.39, 0.29) is 5.91 Å². The van der Waals surface area contributed by atoms with Gasteiger partial charge in [-0.05, 0) is 32.9 Å². The summed E-state index contributed by atoms with van der Waals surface area (Å²) in [5.74, 6) is 1.12. The summed E-state index contributed by atoms with van der Waals surface area (Å²) in [6, 6.07) is 5.37. The second kappa shape index (κ2) is 8.80. The number of benzene rings is 1. The third-order valence-electron chi connectivity index (χ3n) is 2.37. The molecule has 0 saturated carbocycles. The van der Waals surface area contributed by atoms with Crippen molar-refractivity contribution in [3.63, 3.8) is 0 Å². The van der Waals surface area contributed by atoms with Crippen LogP contribution in [0.25, 0.3) is 0 Å². The molecule has 0 aliphatic heterocycles. The van der Waals surface area contributed by atoms with Crippen LogP contribution in [-0.4, -0.2) is 19.1 Å². The average Bonchev–Trinajstić information content (AvgIpc) is 2.42. The zero-order valence-corrected chi connectivity index (χ0v) is 12.2. The van der Waals surface area contributed by atoms with Crippen molar-refractivity contribution in [3.05, 3.63) is 42.5 Å². The van der Waals surface area contributed by atoms with Gasteiger partial charge in [0.2, 0.25) is 5.91 Å². The normalized spacial score (nSPS) is 10.9. The number of nitrogens with one attached hydrogen (secondary N) is 1. The Labute approximate surface area is 120 Å². The minimum Gasteiger partial charge on any atom is -0.494 e. The molecule has 1 amide bonds. The quantitative estimate of drug-likeness (QED) is 0.611. The fraction of sp³-hybridized carbons (Fsp3) is 0.312. The standard InChI is InChI=1S/C16H21NO3/c1-4-7-8-9-16(18)17-14-12-13(19-5-2)10-11-15(14)20-6-3/h4,7-12H,5-6H2,1-3H3,(H,17,18)/b7-4+,9-8+. The van der Waals surface area contributed by atoms with E-state index in [1.165, 1.54) is 6.08 Å². The van der Waals surface area contributed by atoms with Gasteiger partial charge in [-0.25, -0.2) is 0 Å². The van der Waals surface area contributed by atoms with Crippen LogP contribution >= 0.6 is 0 Å². The second-order valence-electron chi connectivity index (χ2n) is 3.90. The first-order valence-electron chi connectivity index (χ1n) is 6.71. The van der Waals surface area contributed by atoms with Gasteiger partial charge in [-0.15, -0.1) is 0 Å². The fourth-order valence-corrected chi connectivity index (χ4v) is 1.57. The number of rotatable bonds is 7. The first-order chi connectivity index (χ1) is 9.71. The molecule has 108 valence electrons. The van der Waals surface area contributed by atoms with Gasteiger partial charge in [0, 0.05) is 12.1 Å². The van der Waals surface area contributed by atoms with Crippen LogP contribution in [0, 0.1) is 0 Å². The van der Waals surface area contributed by atoms with E-state index in [9.17, 15) is 4.79 Å². The first kappa shape index (κ1) is 15.8. The molecule has 0 spiro atoms. The van der Waals surface area contributed by atoms with Gasteiger partial charge in [-0.3, -0.25) is 4.79 Å². The summed E-state index contributed by atoms with van der Waals surface area (Å²) >= 11 is 0. The Morgan fingerprint density at radius 1 is 1.20 bits per heavy atom. The number of allylic oxidation sites excluding steroid dienone is 3. The lowest BCUT2D eigenvalue weighted by Gasteiger charge is -2.12. The van der Waals surface area contributed by atoms with Gasteiger partial charge >= 0.3 is 0 Å². The summed E-state index contributed by atoms with van der Waals surface area (Å²) in [6.45, 7) is 6.80. The highest BCUT2D eigenvalue weighted by molar-refractivity contribution is 6.00. The summed E-state index contributed by atoms with van der Waals surface area (Å²) in [5, 5.41) is 2.79. The van der Waals surface area contributed by atoms with Crippen molar-refractivity contribution >= 4 is 11.6 Å². The van der Waals surface area contributed by atoms with Crippen molar-refractivity contribution in [3.8, 4) is 11.5 Å². The lowest BCUT2D eigenvalue weighted by Crippen LogP contribution is -2.09. The third kappa shape index (κ3) is 5.18. The maximum absolute atomic E-state index is 11.8. The van der Waals surface area contributed by atoms with Gasteiger partial charge in [0.1, 0.15) is 11.5 Å². The van der Waals surface area contributed by atoms with Crippen molar-refractivity contribution in [2.45, 2.75) is 20.8 Å². The number of hydrogen-bond acceptors (Lipinski definition) is 3. The maximum atomic E-state index is 11.8. The number of anilines is 1. The molecule has 0 unspecified atom stereocenters. The Bertz CT molecular complexity index is 492. The number of hydrogen-bond donors (Lipinski definition) is 1. The molecule has 1 rings (SSSR count). The highest BCUT2D eigenvalue weighted by atomic mass is 16.5. The molecule has 4 heteroatoms. The van der Waals surface area contributed by atoms with Crippen molar-refractivity contribution in [1.29, 1.82) is 0 Å². The Balaban J connectivity index is 2.88. The molecular formula is C16H21NO3. The molecular weight excluding hydrogens is 254 g/mol. The minimum atomic E-state index is -0.210. The second-order valence-corrected chi connectivity index (χ2v) is 3.90. The van der Waals surface area contributed by atoms with E-state index in [2.05, 4.69) is 5.32 Å². The Morgan fingerprint density at radius 3 is 2.60 bits per heavy atom. The van der Waals surface area contributed by atoms with Crippen LogP contribution in [0.2, 0.25) is 0 Å². The van der Waals surface area contributed by atoms with Crippen molar-refractivity contribution in [2.75, 3.05) is 18.5 Å². The van der Waals surface area contributed by atoms with Crippen LogP contribution in [0.15, 0.2) is 42.5 Å². The molecule has 0 fully saturated rings. The molecule has 0 aromatic heterocycles.